The Hall–Kier alpha value is -2.97. The van der Waals surface area contributed by atoms with Gasteiger partial charge in [-0.05, 0) is 19.9 Å². The average Bonchev–Trinajstić information content (AvgIpc) is 3.02. The number of nitro benzene ring substituents is 1. The molecule has 9 heteroatoms. The molecule has 0 radical (unpaired) electrons. The lowest BCUT2D eigenvalue weighted by molar-refractivity contribution is -0.385. The van der Waals surface area contributed by atoms with E-state index in [1.165, 1.54) is 26.6 Å². The van der Waals surface area contributed by atoms with E-state index in [9.17, 15) is 14.9 Å². The zero-order valence-electron chi connectivity index (χ0n) is 13.1. The summed E-state index contributed by atoms with van der Waals surface area (Å²) in [6.45, 7) is 3.85. The number of aromatic nitrogens is 3. The molecule has 1 aromatic carbocycles. The van der Waals surface area contributed by atoms with Gasteiger partial charge in [0, 0.05) is 17.7 Å². The van der Waals surface area contributed by atoms with Gasteiger partial charge in [0.2, 0.25) is 0 Å². The summed E-state index contributed by atoms with van der Waals surface area (Å²) in [6.07, 6.45) is 1.52. The van der Waals surface area contributed by atoms with Gasteiger partial charge in [0.1, 0.15) is 6.33 Å². The van der Waals surface area contributed by atoms with Crippen molar-refractivity contribution >= 4 is 11.7 Å². The number of nitrogens with zero attached hydrogens (tertiary/aromatic N) is 4. The Labute approximate surface area is 132 Å². The summed E-state index contributed by atoms with van der Waals surface area (Å²) < 4.78 is 11.3. The van der Waals surface area contributed by atoms with Crippen molar-refractivity contribution in [2.45, 2.75) is 19.9 Å². The van der Waals surface area contributed by atoms with Crippen LogP contribution in [0.4, 0.5) is 5.69 Å². The second-order valence-corrected chi connectivity index (χ2v) is 4.96. The van der Waals surface area contributed by atoms with Gasteiger partial charge in [-0.25, -0.2) is 14.5 Å². The molecule has 0 saturated carbocycles. The number of methoxy groups -OCH3 is 2. The summed E-state index contributed by atoms with van der Waals surface area (Å²) in [5, 5.41) is 15.4. The van der Waals surface area contributed by atoms with Crippen LogP contribution in [0.15, 0.2) is 18.5 Å². The second kappa shape index (κ2) is 6.42. The normalized spacial score (nSPS) is 10.7. The fourth-order valence-corrected chi connectivity index (χ4v) is 1.99. The van der Waals surface area contributed by atoms with Gasteiger partial charge >= 0.3 is 11.7 Å². The maximum atomic E-state index is 12.0. The molecule has 0 N–H and O–H groups in total. The second-order valence-electron chi connectivity index (χ2n) is 4.96. The lowest BCUT2D eigenvalue weighted by Crippen LogP contribution is -2.07. The minimum absolute atomic E-state index is 0.00139. The fraction of sp³-hybridized carbons (Fsp3) is 0.357. The van der Waals surface area contributed by atoms with Crippen LogP contribution in [0.5, 0.6) is 5.75 Å². The van der Waals surface area contributed by atoms with Crippen LogP contribution >= 0.6 is 0 Å². The van der Waals surface area contributed by atoms with Gasteiger partial charge in [0.15, 0.2) is 11.6 Å². The number of carbonyl (C=O) groups excluding carboxylic acids is 1. The molecule has 9 nitrogen and oxygen atoms in total. The van der Waals surface area contributed by atoms with Gasteiger partial charge in [-0.1, -0.05) is 0 Å². The molecule has 1 aromatic heterocycles. The summed E-state index contributed by atoms with van der Waals surface area (Å²) in [7, 11) is 2.51. The maximum absolute atomic E-state index is 12.0. The van der Waals surface area contributed by atoms with E-state index in [4.69, 9.17) is 9.47 Å². The number of ether oxygens (including phenoxy) is 2. The van der Waals surface area contributed by atoms with Crippen molar-refractivity contribution in [2.24, 2.45) is 0 Å². The first kappa shape index (κ1) is 16.4. The van der Waals surface area contributed by atoms with Crippen molar-refractivity contribution in [3.05, 3.63) is 34.1 Å². The first-order valence-corrected chi connectivity index (χ1v) is 6.75. The fourth-order valence-electron chi connectivity index (χ4n) is 1.99. The van der Waals surface area contributed by atoms with E-state index >= 15 is 0 Å². The van der Waals surface area contributed by atoms with Gasteiger partial charge in [0.25, 0.3) is 0 Å². The summed E-state index contributed by atoms with van der Waals surface area (Å²) in [6, 6.07) is 2.55. The molecule has 0 fully saturated rings. The lowest BCUT2D eigenvalue weighted by Gasteiger charge is -2.09. The molecule has 122 valence electrons. The topological polar surface area (TPSA) is 109 Å². The highest BCUT2D eigenvalue weighted by molar-refractivity contribution is 5.97. The quantitative estimate of drug-likeness (QED) is 0.472. The van der Waals surface area contributed by atoms with Crippen LogP contribution in [0, 0.1) is 10.1 Å². The molecule has 0 amide bonds. The third kappa shape index (κ3) is 3.12. The SMILES string of the molecule is COC(=O)c1cc([N+](=O)[O-])c(OC)cc1-c1ncn(C(C)C)n1. The number of hydrogen-bond acceptors (Lipinski definition) is 7. The van der Waals surface area contributed by atoms with Crippen LogP contribution in [0.2, 0.25) is 0 Å². The van der Waals surface area contributed by atoms with E-state index < -0.39 is 10.9 Å². The smallest absolute Gasteiger partial charge is 0.338 e. The first-order chi connectivity index (χ1) is 10.9. The standard InChI is InChI=1S/C14H16N4O5/c1-8(2)17-7-15-13(16-17)9-6-12(22-3)11(18(20)21)5-10(9)14(19)23-4/h5-8H,1-4H3. The van der Waals surface area contributed by atoms with Crippen LogP contribution < -0.4 is 4.74 Å². The monoisotopic (exact) mass is 320 g/mol. The summed E-state index contributed by atoms with van der Waals surface area (Å²) in [5.74, 6) is -0.447. The molecule has 0 unspecified atom stereocenters. The van der Waals surface area contributed by atoms with Crippen LogP contribution in [0.1, 0.15) is 30.2 Å². The zero-order chi connectivity index (χ0) is 17.1. The predicted molar refractivity (Wildman–Crippen MR) is 80.4 cm³/mol. The highest BCUT2D eigenvalue weighted by Gasteiger charge is 2.25. The molecule has 0 aliphatic carbocycles. The van der Waals surface area contributed by atoms with E-state index in [1.54, 1.807) is 4.68 Å². The minimum Gasteiger partial charge on any atom is -0.490 e. The summed E-state index contributed by atoms with van der Waals surface area (Å²) in [5.41, 5.74) is -0.0276. The van der Waals surface area contributed by atoms with Crippen molar-refractivity contribution in [1.82, 2.24) is 14.8 Å². The Morgan fingerprint density at radius 2 is 2.04 bits per heavy atom. The molecule has 0 aliphatic rings. The number of carbonyl (C=O) groups is 1. The number of hydrogen-bond donors (Lipinski definition) is 0. The molecule has 1 heterocycles. The largest absolute Gasteiger partial charge is 0.490 e. The van der Waals surface area contributed by atoms with E-state index in [2.05, 4.69) is 10.1 Å². The Bertz CT molecular complexity index is 754. The molecule has 23 heavy (non-hydrogen) atoms. The van der Waals surface area contributed by atoms with E-state index in [0.29, 0.717) is 5.56 Å². The average molecular weight is 320 g/mol. The van der Waals surface area contributed by atoms with Gasteiger partial charge in [-0.15, -0.1) is 0 Å². The molecule has 0 saturated heterocycles. The van der Waals surface area contributed by atoms with Crippen molar-refractivity contribution in [2.75, 3.05) is 14.2 Å². The molecule has 0 aliphatic heterocycles. The molecule has 0 bridgehead atoms. The number of nitro groups is 1. The third-order valence-electron chi connectivity index (χ3n) is 3.20. The lowest BCUT2D eigenvalue weighted by atomic mass is 10.1. The Kier molecular flexibility index (Phi) is 4.58. The molecule has 2 aromatic rings. The van der Waals surface area contributed by atoms with Crippen molar-refractivity contribution in [3.8, 4) is 17.1 Å². The van der Waals surface area contributed by atoms with Crippen LogP contribution in [0.3, 0.4) is 0 Å². The van der Waals surface area contributed by atoms with Gasteiger partial charge in [-0.2, -0.15) is 5.10 Å². The molecule has 2 rings (SSSR count). The number of esters is 1. The van der Waals surface area contributed by atoms with E-state index in [0.717, 1.165) is 6.07 Å². The van der Waals surface area contributed by atoms with Gasteiger partial charge < -0.3 is 9.47 Å². The summed E-state index contributed by atoms with van der Waals surface area (Å²) >= 11 is 0. The number of rotatable bonds is 5. The third-order valence-corrected chi connectivity index (χ3v) is 3.20. The van der Waals surface area contributed by atoms with Crippen molar-refractivity contribution in [3.63, 3.8) is 0 Å². The van der Waals surface area contributed by atoms with E-state index in [-0.39, 0.29) is 28.9 Å². The maximum Gasteiger partial charge on any atom is 0.338 e. The molecular weight excluding hydrogens is 304 g/mol. The highest BCUT2D eigenvalue weighted by atomic mass is 16.6. The predicted octanol–water partition coefficient (Wildman–Crippen LogP) is 2.23. The van der Waals surface area contributed by atoms with Crippen LogP contribution in [-0.4, -0.2) is 39.9 Å². The summed E-state index contributed by atoms with van der Waals surface area (Å²) in [4.78, 5) is 26.6. The van der Waals surface area contributed by atoms with Gasteiger partial charge in [0.05, 0.1) is 24.7 Å². The minimum atomic E-state index is -0.716. The van der Waals surface area contributed by atoms with Crippen molar-refractivity contribution in [1.29, 1.82) is 0 Å². The van der Waals surface area contributed by atoms with E-state index in [1.807, 2.05) is 13.8 Å². The zero-order valence-corrected chi connectivity index (χ0v) is 13.1. The Balaban J connectivity index is 2.68. The van der Waals surface area contributed by atoms with Crippen molar-refractivity contribution < 1.29 is 19.2 Å². The molecular formula is C14H16N4O5. The number of benzene rings is 1. The first-order valence-electron chi connectivity index (χ1n) is 6.75. The highest BCUT2D eigenvalue weighted by Crippen LogP contribution is 2.34. The van der Waals surface area contributed by atoms with Crippen LogP contribution in [-0.2, 0) is 4.74 Å². The molecule has 0 atom stereocenters. The molecule has 0 spiro atoms. The van der Waals surface area contributed by atoms with Gasteiger partial charge in [-0.3, -0.25) is 10.1 Å². The van der Waals surface area contributed by atoms with Crippen LogP contribution in [0.25, 0.3) is 11.4 Å². The Morgan fingerprint density at radius 3 is 2.52 bits per heavy atom. The Morgan fingerprint density at radius 1 is 1.35 bits per heavy atom.